The molecular weight excluding hydrogens is 352 g/mol. The minimum atomic E-state index is -4.52. The number of carbonyl (C=O) groups excluding carboxylic acids is 2. The molecule has 1 N–H and O–H groups in total. The molecule has 2 aromatic carbocycles. The average molecular weight is 366 g/mol. The largest absolute Gasteiger partial charge is 0.416 e. The third-order valence-corrected chi connectivity index (χ3v) is 4.12. The average Bonchev–Trinajstić information content (AvgIpc) is 2.97. The third kappa shape index (κ3) is 3.68. The van der Waals surface area contributed by atoms with Crippen molar-refractivity contribution in [2.75, 3.05) is 16.8 Å². The zero-order chi connectivity index (χ0) is 18.9. The van der Waals surface area contributed by atoms with E-state index in [0.717, 1.165) is 12.1 Å². The van der Waals surface area contributed by atoms with Crippen LogP contribution in [0.3, 0.4) is 0 Å². The summed E-state index contributed by atoms with van der Waals surface area (Å²) in [6.45, 7) is 0.269. The van der Waals surface area contributed by atoms with E-state index in [1.54, 1.807) is 0 Å². The maximum atomic E-state index is 13.0. The van der Waals surface area contributed by atoms with Gasteiger partial charge in [-0.05, 0) is 48.9 Å². The number of halogens is 4. The molecule has 0 radical (unpaired) electrons. The molecule has 2 amide bonds. The Labute approximate surface area is 146 Å². The molecule has 26 heavy (non-hydrogen) atoms. The quantitative estimate of drug-likeness (QED) is 0.663. The summed E-state index contributed by atoms with van der Waals surface area (Å²) in [5, 5.41) is 2.36. The summed E-state index contributed by atoms with van der Waals surface area (Å²) in [5.41, 5.74) is -0.454. The first kappa shape index (κ1) is 17.9. The number of nitrogens with zero attached hydrogens (tertiary/aromatic N) is 1. The smallest absolute Gasteiger partial charge is 0.325 e. The minimum absolute atomic E-state index is 0.0298. The summed E-state index contributed by atoms with van der Waals surface area (Å²) in [4.78, 5) is 26.1. The fraction of sp³-hybridized carbons (Fsp3) is 0.222. The molecule has 0 aromatic heterocycles. The van der Waals surface area contributed by atoms with E-state index in [0.29, 0.717) is 5.69 Å². The van der Waals surface area contributed by atoms with Crippen molar-refractivity contribution in [3.63, 3.8) is 0 Å². The number of benzene rings is 2. The lowest BCUT2D eigenvalue weighted by Gasteiger charge is -2.17. The van der Waals surface area contributed by atoms with Crippen LogP contribution in [0.25, 0.3) is 0 Å². The first-order valence-corrected chi connectivity index (χ1v) is 7.81. The Bertz CT molecular complexity index is 834. The highest BCUT2D eigenvalue weighted by Crippen LogP contribution is 2.31. The normalized spacial score (nSPS) is 17.5. The molecule has 8 heteroatoms. The van der Waals surface area contributed by atoms with Gasteiger partial charge in [0.05, 0.1) is 5.56 Å². The molecule has 1 heterocycles. The summed E-state index contributed by atoms with van der Waals surface area (Å²) < 4.78 is 51.2. The zero-order valence-corrected chi connectivity index (χ0v) is 13.4. The van der Waals surface area contributed by atoms with Gasteiger partial charge >= 0.3 is 6.18 Å². The van der Waals surface area contributed by atoms with Crippen LogP contribution >= 0.6 is 0 Å². The molecule has 0 aliphatic carbocycles. The first-order valence-electron chi connectivity index (χ1n) is 7.81. The van der Waals surface area contributed by atoms with E-state index in [4.69, 9.17) is 0 Å². The monoisotopic (exact) mass is 366 g/mol. The van der Waals surface area contributed by atoms with Gasteiger partial charge in [-0.3, -0.25) is 9.59 Å². The van der Waals surface area contributed by atoms with Gasteiger partial charge in [0.2, 0.25) is 11.8 Å². The number of nitrogens with one attached hydrogen (secondary N) is 1. The number of hydrogen-bond donors (Lipinski definition) is 1. The second-order valence-corrected chi connectivity index (χ2v) is 5.88. The van der Waals surface area contributed by atoms with Gasteiger partial charge in [0.15, 0.2) is 0 Å². The standard InChI is InChI=1S/C18H14F4N2O2/c19-12-4-6-14(7-5-12)24-9-8-15(17(24)26)16(25)23-13-3-1-2-11(10-13)18(20,21)22/h1-7,10,15H,8-9H2,(H,23,25)/t15-/m1/s1. The molecule has 1 saturated heterocycles. The molecule has 0 saturated carbocycles. The van der Waals surface area contributed by atoms with Crippen molar-refractivity contribution in [3.05, 3.63) is 59.9 Å². The first-order chi connectivity index (χ1) is 12.3. The molecule has 3 rings (SSSR count). The maximum absolute atomic E-state index is 13.0. The van der Waals surface area contributed by atoms with Crippen molar-refractivity contribution in [2.45, 2.75) is 12.6 Å². The van der Waals surface area contributed by atoms with Crippen LogP contribution < -0.4 is 10.2 Å². The number of rotatable bonds is 3. The molecule has 2 aromatic rings. The number of alkyl halides is 3. The highest BCUT2D eigenvalue weighted by molar-refractivity contribution is 6.13. The fourth-order valence-corrected chi connectivity index (χ4v) is 2.80. The molecule has 4 nitrogen and oxygen atoms in total. The lowest BCUT2D eigenvalue weighted by molar-refractivity contribution is -0.137. The van der Waals surface area contributed by atoms with E-state index < -0.39 is 35.3 Å². The van der Waals surface area contributed by atoms with E-state index >= 15 is 0 Å². The predicted molar refractivity (Wildman–Crippen MR) is 86.9 cm³/mol. The molecule has 1 aliphatic heterocycles. The molecule has 136 valence electrons. The molecule has 0 unspecified atom stereocenters. The highest BCUT2D eigenvalue weighted by atomic mass is 19.4. The van der Waals surface area contributed by atoms with Crippen molar-refractivity contribution in [2.24, 2.45) is 5.92 Å². The summed E-state index contributed by atoms with van der Waals surface area (Å²) in [5.74, 6) is -2.59. The lowest BCUT2D eigenvalue weighted by atomic mass is 10.1. The van der Waals surface area contributed by atoms with Crippen LogP contribution in [0, 0.1) is 11.7 Å². The Kier molecular flexibility index (Phi) is 4.67. The number of amides is 2. The van der Waals surface area contributed by atoms with E-state index in [9.17, 15) is 27.2 Å². The molecule has 1 atom stereocenters. The van der Waals surface area contributed by atoms with Gasteiger partial charge in [-0.2, -0.15) is 13.2 Å². The van der Waals surface area contributed by atoms with E-state index in [2.05, 4.69) is 5.32 Å². The van der Waals surface area contributed by atoms with Crippen LogP contribution in [0.2, 0.25) is 0 Å². The van der Waals surface area contributed by atoms with Crippen molar-refractivity contribution < 1.29 is 27.2 Å². The van der Waals surface area contributed by atoms with Crippen molar-refractivity contribution in [3.8, 4) is 0 Å². The Morgan fingerprint density at radius 3 is 2.46 bits per heavy atom. The van der Waals surface area contributed by atoms with Gasteiger partial charge < -0.3 is 10.2 Å². The molecule has 0 spiro atoms. The van der Waals surface area contributed by atoms with Crippen LogP contribution in [0.15, 0.2) is 48.5 Å². The Hall–Kier alpha value is -2.90. The SMILES string of the molecule is O=C(Nc1cccc(C(F)(F)F)c1)[C@H]1CCN(c2ccc(F)cc2)C1=O. The van der Waals surface area contributed by atoms with E-state index in [1.807, 2.05) is 0 Å². The van der Waals surface area contributed by atoms with Crippen LogP contribution in [-0.2, 0) is 15.8 Å². The van der Waals surface area contributed by atoms with Crippen LogP contribution in [-0.4, -0.2) is 18.4 Å². The molecule has 0 bridgehead atoms. The maximum Gasteiger partial charge on any atom is 0.416 e. The highest BCUT2D eigenvalue weighted by Gasteiger charge is 2.38. The van der Waals surface area contributed by atoms with Gasteiger partial charge in [-0.1, -0.05) is 6.07 Å². The topological polar surface area (TPSA) is 49.4 Å². The predicted octanol–water partition coefficient (Wildman–Crippen LogP) is 3.84. The Morgan fingerprint density at radius 1 is 1.12 bits per heavy atom. The zero-order valence-electron chi connectivity index (χ0n) is 13.4. The molecular formula is C18H14F4N2O2. The van der Waals surface area contributed by atoms with Crippen molar-refractivity contribution in [1.82, 2.24) is 0 Å². The van der Waals surface area contributed by atoms with Crippen LogP contribution in [0.1, 0.15) is 12.0 Å². The second kappa shape index (κ2) is 6.78. The number of hydrogen-bond acceptors (Lipinski definition) is 2. The van der Waals surface area contributed by atoms with E-state index in [-0.39, 0.29) is 18.7 Å². The van der Waals surface area contributed by atoms with Gasteiger partial charge in [-0.25, -0.2) is 4.39 Å². The Morgan fingerprint density at radius 2 is 1.81 bits per heavy atom. The number of carbonyl (C=O) groups is 2. The van der Waals surface area contributed by atoms with Crippen LogP contribution in [0.4, 0.5) is 28.9 Å². The Balaban J connectivity index is 1.71. The summed E-state index contributed by atoms with van der Waals surface area (Å²) >= 11 is 0. The second-order valence-electron chi connectivity index (χ2n) is 5.88. The summed E-state index contributed by atoms with van der Waals surface area (Å²) in [6, 6.07) is 9.49. The van der Waals surface area contributed by atoms with E-state index in [1.165, 1.54) is 41.3 Å². The van der Waals surface area contributed by atoms with Crippen LogP contribution in [0.5, 0.6) is 0 Å². The number of anilines is 2. The van der Waals surface area contributed by atoms with Crippen molar-refractivity contribution >= 4 is 23.2 Å². The van der Waals surface area contributed by atoms with Gasteiger partial charge in [0.25, 0.3) is 0 Å². The summed E-state index contributed by atoms with van der Waals surface area (Å²) in [7, 11) is 0. The third-order valence-electron chi connectivity index (χ3n) is 4.12. The molecule has 1 aliphatic rings. The molecule has 1 fully saturated rings. The minimum Gasteiger partial charge on any atom is -0.325 e. The summed E-state index contributed by atoms with van der Waals surface area (Å²) in [6.07, 6.45) is -4.30. The van der Waals surface area contributed by atoms with Gasteiger partial charge in [0, 0.05) is 17.9 Å². The van der Waals surface area contributed by atoms with Gasteiger partial charge in [0.1, 0.15) is 11.7 Å². The lowest BCUT2D eigenvalue weighted by Crippen LogP contribution is -2.33. The van der Waals surface area contributed by atoms with Gasteiger partial charge in [-0.15, -0.1) is 0 Å². The fourth-order valence-electron chi connectivity index (χ4n) is 2.80. The van der Waals surface area contributed by atoms with Crippen molar-refractivity contribution in [1.29, 1.82) is 0 Å².